The summed E-state index contributed by atoms with van der Waals surface area (Å²) < 4.78 is 32.4. The highest BCUT2D eigenvalue weighted by molar-refractivity contribution is 6.07. The van der Waals surface area contributed by atoms with Crippen molar-refractivity contribution >= 4 is 23.2 Å². The van der Waals surface area contributed by atoms with Crippen LogP contribution in [0.15, 0.2) is 61.1 Å². The highest BCUT2D eigenvalue weighted by atomic mass is 19.1. The number of alkyl carbamates (subject to hydrolysis) is 1. The van der Waals surface area contributed by atoms with Gasteiger partial charge in [-0.15, -0.1) is 0 Å². The summed E-state index contributed by atoms with van der Waals surface area (Å²) in [5.41, 5.74) is 1.89. The maximum absolute atomic E-state index is 13.9. The van der Waals surface area contributed by atoms with E-state index in [4.69, 9.17) is 14.2 Å². The molecular weight excluding hydrogens is 515 g/mol. The van der Waals surface area contributed by atoms with Crippen molar-refractivity contribution in [2.75, 3.05) is 13.2 Å². The van der Waals surface area contributed by atoms with E-state index in [2.05, 4.69) is 15.3 Å². The molecule has 10 heteroatoms. The Balaban J connectivity index is 1.81. The number of benzene rings is 1. The van der Waals surface area contributed by atoms with E-state index in [9.17, 15) is 14.0 Å². The number of halogens is 1. The lowest BCUT2D eigenvalue weighted by Gasteiger charge is -2.22. The average molecular weight is 549 g/mol. The number of hydrogen-bond donors (Lipinski definition) is 1. The third-order valence-electron chi connectivity index (χ3n) is 5.50. The van der Waals surface area contributed by atoms with Crippen molar-refractivity contribution in [2.45, 2.75) is 52.7 Å². The first-order chi connectivity index (χ1) is 18.8. The molecule has 0 unspecified atom stereocenters. The number of nitrogens with one attached hydrogen (secondary N) is 1. The van der Waals surface area contributed by atoms with E-state index in [-0.39, 0.29) is 19.0 Å². The normalized spacial score (nSPS) is 11.8. The highest BCUT2D eigenvalue weighted by Crippen LogP contribution is 2.43. The van der Waals surface area contributed by atoms with Crippen LogP contribution in [0.4, 0.5) is 14.0 Å². The molecule has 1 aromatic carbocycles. The number of amides is 1. The quantitative estimate of drug-likeness (QED) is 0.271. The predicted molar refractivity (Wildman–Crippen MR) is 150 cm³/mol. The zero-order chi connectivity index (χ0) is 29.1. The van der Waals surface area contributed by atoms with Crippen molar-refractivity contribution in [3.63, 3.8) is 0 Å². The molecule has 0 aliphatic heterocycles. The lowest BCUT2D eigenvalue weighted by atomic mass is 10.0. The highest BCUT2D eigenvalue weighted by Gasteiger charge is 2.29. The minimum atomic E-state index is -0.770. The van der Waals surface area contributed by atoms with Crippen molar-refractivity contribution < 1.29 is 28.2 Å². The molecule has 0 radical (unpaired) electrons. The molecule has 1 N–H and O–H groups in total. The lowest BCUT2D eigenvalue weighted by molar-refractivity contribution is 0.0515. The first-order valence-electron chi connectivity index (χ1n) is 12.9. The standard InChI is InChI=1S/C30H33FN4O5/c1-29(2,3)39-27(36)34-16-17-38-23-18-32-15-13-21(23)26-24(19-9-11-20(31)12-10-19)25-22(8-7-14-33-25)35(26)28(37)40-30(4,5)6/h7-15,18H,16-17H2,1-6H3,(H,34,36). The molecule has 0 spiro atoms. The molecule has 210 valence electrons. The number of nitrogens with zero attached hydrogens (tertiary/aromatic N) is 3. The van der Waals surface area contributed by atoms with Crippen molar-refractivity contribution in [2.24, 2.45) is 0 Å². The number of carbonyl (C=O) groups excluding carboxylic acids is 2. The van der Waals surface area contributed by atoms with Gasteiger partial charge >= 0.3 is 12.2 Å². The van der Waals surface area contributed by atoms with Crippen molar-refractivity contribution in [3.05, 3.63) is 66.9 Å². The first-order valence-corrected chi connectivity index (χ1v) is 12.9. The molecule has 0 fully saturated rings. The van der Waals surface area contributed by atoms with Crippen molar-refractivity contribution in [1.82, 2.24) is 19.9 Å². The average Bonchev–Trinajstić information content (AvgIpc) is 3.20. The molecule has 4 aromatic rings. The fraction of sp³-hybridized carbons (Fsp3) is 0.333. The summed E-state index contributed by atoms with van der Waals surface area (Å²) in [5.74, 6) is -0.0241. The van der Waals surface area contributed by atoms with Crippen LogP contribution >= 0.6 is 0 Å². The van der Waals surface area contributed by atoms with Crippen molar-refractivity contribution in [3.8, 4) is 28.1 Å². The van der Waals surface area contributed by atoms with Crippen molar-refractivity contribution in [1.29, 1.82) is 0 Å². The minimum Gasteiger partial charge on any atom is -0.489 e. The summed E-state index contributed by atoms with van der Waals surface area (Å²) in [7, 11) is 0. The van der Waals surface area contributed by atoms with Gasteiger partial charge < -0.3 is 19.5 Å². The Hall–Kier alpha value is -4.47. The van der Waals surface area contributed by atoms with Crippen LogP contribution in [0.25, 0.3) is 33.4 Å². The third kappa shape index (κ3) is 6.74. The Morgan fingerprint density at radius 2 is 1.65 bits per heavy atom. The second kappa shape index (κ2) is 11.3. The zero-order valence-corrected chi connectivity index (χ0v) is 23.4. The number of pyridine rings is 2. The number of carbonyl (C=O) groups is 2. The summed E-state index contributed by atoms with van der Waals surface area (Å²) in [4.78, 5) is 34.5. The van der Waals surface area contributed by atoms with Crippen LogP contribution in [0, 0.1) is 5.82 Å². The SMILES string of the molecule is CC(C)(C)OC(=O)NCCOc1cnccc1-c1c(-c2ccc(F)cc2)c2ncccc2n1C(=O)OC(C)(C)C. The maximum Gasteiger partial charge on any atom is 0.419 e. The molecule has 4 rings (SSSR count). The molecular formula is C30H33FN4O5. The van der Waals surface area contributed by atoms with Gasteiger partial charge in [-0.2, -0.15) is 0 Å². The monoisotopic (exact) mass is 548 g/mol. The van der Waals surface area contributed by atoms with Gasteiger partial charge in [0.25, 0.3) is 0 Å². The van der Waals surface area contributed by atoms with E-state index in [1.54, 1.807) is 84.3 Å². The second-order valence-electron chi connectivity index (χ2n) is 11.1. The summed E-state index contributed by atoms with van der Waals surface area (Å²) in [6.07, 6.45) is 3.58. The van der Waals surface area contributed by atoms with Gasteiger partial charge in [-0.1, -0.05) is 12.1 Å². The smallest absolute Gasteiger partial charge is 0.419 e. The zero-order valence-electron chi connectivity index (χ0n) is 23.4. The molecule has 0 saturated carbocycles. The molecule has 1 amide bonds. The molecule has 0 atom stereocenters. The molecule has 0 aliphatic rings. The first kappa shape index (κ1) is 28.5. The largest absolute Gasteiger partial charge is 0.489 e. The summed E-state index contributed by atoms with van der Waals surface area (Å²) >= 11 is 0. The second-order valence-corrected chi connectivity index (χ2v) is 11.1. The number of ether oxygens (including phenoxy) is 3. The minimum absolute atomic E-state index is 0.106. The Kier molecular flexibility index (Phi) is 8.08. The van der Waals surface area contributed by atoms with Crippen LogP contribution in [0.3, 0.4) is 0 Å². The fourth-order valence-electron chi connectivity index (χ4n) is 4.08. The molecule has 3 heterocycles. The third-order valence-corrected chi connectivity index (χ3v) is 5.50. The van der Waals surface area contributed by atoms with E-state index < -0.39 is 23.4 Å². The number of fused-ring (bicyclic) bond motifs is 1. The number of hydrogen-bond acceptors (Lipinski definition) is 7. The van der Waals surface area contributed by atoms with Gasteiger partial charge in [0, 0.05) is 23.5 Å². The Morgan fingerprint density at radius 3 is 2.33 bits per heavy atom. The van der Waals surface area contributed by atoms with E-state index in [0.29, 0.717) is 39.2 Å². The van der Waals surface area contributed by atoms with Crippen LogP contribution in [-0.2, 0) is 9.47 Å². The lowest BCUT2D eigenvalue weighted by Crippen LogP contribution is -2.34. The predicted octanol–water partition coefficient (Wildman–Crippen LogP) is 6.59. The maximum atomic E-state index is 13.9. The molecule has 40 heavy (non-hydrogen) atoms. The summed E-state index contributed by atoms with van der Waals surface area (Å²) in [6.45, 7) is 11.0. The molecule has 9 nitrogen and oxygen atoms in total. The molecule has 3 aromatic heterocycles. The van der Waals surface area contributed by atoms with Crippen LogP contribution < -0.4 is 10.1 Å². The topological polar surface area (TPSA) is 105 Å². The van der Waals surface area contributed by atoms with E-state index >= 15 is 0 Å². The number of aromatic nitrogens is 3. The van der Waals surface area contributed by atoms with Gasteiger partial charge in [-0.05, 0) is 77.4 Å². The van der Waals surface area contributed by atoms with Gasteiger partial charge in [0.05, 0.1) is 29.5 Å². The fourth-order valence-corrected chi connectivity index (χ4v) is 4.08. The van der Waals surface area contributed by atoms with Gasteiger partial charge in [-0.25, -0.2) is 18.5 Å². The van der Waals surface area contributed by atoms with Gasteiger partial charge in [-0.3, -0.25) is 9.97 Å². The van der Waals surface area contributed by atoms with Crippen LogP contribution in [-0.4, -0.2) is 51.1 Å². The van der Waals surface area contributed by atoms with Gasteiger partial charge in [0.1, 0.15) is 29.4 Å². The molecule has 0 saturated heterocycles. The van der Waals surface area contributed by atoms with E-state index in [0.717, 1.165) is 0 Å². The van der Waals surface area contributed by atoms with Gasteiger partial charge in [0.2, 0.25) is 0 Å². The van der Waals surface area contributed by atoms with Gasteiger partial charge in [0.15, 0.2) is 0 Å². The van der Waals surface area contributed by atoms with Crippen LogP contribution in [0.2, 0.25) is 0 Å². The van der Waals surface area contributed by atoms with E-state index in [1.807, 2.05) is 0 Å². The van der Waals surface area contributed by atoms with Crippen LogP contribution in [0.1, 0.15) is 41.5 Å². The van der Waals surface area contributed by atoms with E-state index in [1.165, 1.54) is 22.9 Å². The summed E-state index contributed by atoms with van der Waals surface area (Å²) in [6, 6.07) is 11.2. The number of rotatable bonds is 6. The molecule has 0 bridgehead atoms. The summed E-state index contributed by atoms with van der Waals surface area (Å²) in [5, 5.41) is 2.66. The Labute approximate surface area is 232 Å². The Bertz CT molecular complexity index is 1520. The Morgan fingerprint density at radius 1 is 0.950 bits per heavy atom. The van der Waals surface area contributed by atoms with Crippen LogP contribution in [0.5, 0.6) is 5.75 Å². The molecule has 0 aliphatic carbocycles.